The van der Waals surface area contributed by atoms with E-state index in [1.54, 1.807) is 0 Å². The summed E-state index contributed by atoms with van der Waals surface area (Å²) in [6, 6.07) is 52.9. The highest BCUT2D eigenvalue weighted by molar-refractivity contribution is 7.00. The lowest BCUT2D eigenvalue weighted by molar-refractivity contribution is 0.332. The zero-order chi connectivity index (χ0) is 49.4. The van der Waals surface area contributed by atoms with Crippen molar-refractivity contribution >= 4 is 57.2 Å². The second kappa shape index (κ2) is 16.1. The quantitative estimate of drug-likeness (QED) is 0.147. The normalized spacial score (nSPS) is 18.1. The van der Waals surface area contributed by atoms with Crippen LogP contribution in [0.5, 0.6) is 0 Å². The molecule has 2 heterocycles. The Morgan fingerprint density at radius 3 is 1.66 bits per heavy atom. The van der Waals surface area contributed by atoms with Gasteiger partial charge in [0.1, 0.15) is 0 Å². The molecule has 2 aliphatic carbocycles. The van der Waals surface area contributed by atoms with Gasteiger partial charge in [0.05, 0.1) is 0 Å². The van der Waals surface area contributed by atoms with E-state index in [4.69, 9.17) is 0 Å². The molecule has 0 aromatic heterocycles. The Hall–Kier alpha value is -5.80. The highest BCUT2D eigenvalue weighted by atomic mass is 15.2. The molecule has 7 aromatic carbocycles. The van der Waals surface area contributed by atoms with Gasteiger partial charge in [0.15, 0.2) is 0 Å². The Kier molecular flexibility index (Phi) is 10.7. The molecule has 0 fully saturated rings. The molecule has 2 nitrogen and oxygen atoms in total. The van der Waals surface area contributed by atoms with E-state index in [1.807, 2.05) is 0 Å². The smallest absolute Gasteiger partial charge is 0.252 e. The van der Waals surface area contributed by atoms with Crippen molar-refractivity contribution in [1.82, 2.24) is 0 Å². The molecular formula is C67H75BN2. The molecule has 11 rings (SSSR count). The Balaban J connectivity index is 1.22. The minimum absolute atomic E-state index is 0.0453. The van der Waals surface area contributed by atoms with E-state index in [0.717, 1.165) is 19.3 Å². The number of anilines is 6. The predicted molar refractivity (Wildman–Crippen MR) is 302 cm³/mol. The molecule has 1 unspecified atom stereocenters. The number of rotatable bonds is 7. The summed E-state index contributed by atoms with van der Waals surface area (Å²) in [7, 11) is 0. The summed E-state index contributed by atoms with van der Waals surface area (Å²) < 4.78 is 0. The summed E-state index contributed by atoms with van der Waals surface area (Å²) in [5.74, 6) is 0.229. The van der Waals surface area contributed by atoms with Crippen LogP contribution in [0.1, 0.15) is 169 Å². The monoisotopic (exact) mass is 919 g/mol. The Morgan fingerprint density at radius 1 is 0.486 bits per heavy atom. The number of hydrogen-bond acceptors (Lipinski definition) is 2. The zero-order valence-corrected chi connectivity index (χ0v) is 44.8. The molecule has 0 amide bonds. The van der Waals surface area contributed by atoms with E-state index in [1.165, 1.54) is 125 Å². The molecule has 0 radical (unpaired) electrons. The molecule has 0 bridgehead atoms. The third-order valence-corrected chi connectivity index (χ3v) is 17.6. The van der Waals surface area contributed by atoms with Gasteiger partial charge < -0.3 is 9.80 Å². The van der Waals surface area contributed by atoms with Crippen LogP contribution in [0.15, 0.2) is 133 Å². The van der Waals surface area contributed by atoms with Gasteiger partial charge in [-0.15, -0.1) is 0 Å². The maximum atomic E-state index is 2.73. The Morgan fingerprint density at radius 2 is 1.03 bits per heavy atom. The van der Waals surface area contributed by atoms with Crippen molar-refractivity contribution in [3.63, 3.8) is 0 Å². The average Bonchev–Trinajstić information content (AvgIpc) is 3.49. The largest absolute Gasteiger partial charge is 0.311 e. The molecule has 0 saturated heterocycles. The average molecular weight is 919 g/mol. The van der Waals surface area contributed by atoms with Crippen LogP contribution in [0.25, 0.3) is 0 Å². The first-order valence-corrected chi connectivity index (χ1v) is 26.5. The minimum Gasteiger partial charge on any atom is -0.311 e. The molecule has 1 atom stereocenters. The fraction of sp³-hybridized carbons (Fsp3) is 0.373. The minimum atomic E-state index is 0.0453. The van der Waals surface area contributed by atoms with Gasteiger partial charge in [-0.25, -0.2) is 0 Å². The third-order valence-electron chi connectivity index (χ3n) is 17.6. The van der Waals surface area contributed by atoms with Crippen LogP contribution in [-0.2, 0) is 33.5 Å². The van der Waals surface area contributed by atoms with Gasteiger partial charge in [0, 0.05) is 40.0 Å². The lowest BCUT2D eigenvalue weighted by Crippen LogP contribution is -2.61. The van der Waals surface area contributed by atoms with Crippen LogP contribution in [0.3, 0.4) is 0 Å². The van der Waals surface area contributed by atoms with Crippen LogP contribution in [-0.4, -0.2) is 6.71 Å². The Bertz CT molecular complexity index is 3220. The molecule has 4 aliphatic rings. The fourth-order valence-electron chi connectivity index (χ4n) is 13.8. The number of hydrogen-bond donors (Lipinski definition) is 0. The Labute approximate surface area is 421 Å². The van der Waals surface area contributed by atoms with Gasteiger partial charge >= 0.3 is 0 Å². The summed E-state index contributed by atoms with van der Waals surface area (Å²) in [5.41, 5.74) is 27.8. The van der Waals surface area contributed by atoms with Crippen molar-refractivity contribution in [2.75, 3.05) is 9.80 Å². The van der Waals surface area contributed by atoms with E-state index >= 15 is 0 Å². The second-order valence-electron chi connectivity index (χ2n) is 25.7. The maximum Gasteiger partial charge on any atom is 0.252 e. The van der Waals surface area contributed by atoms with Gasteiger partial charge in [0.2, 0.25) is 0 Å². The molecule has 356 valence electrons. The lowest BCUT2D eigenvalue weighted by atomic mass is 9.33. The first kappa shape index (κ1) is 46.6. The first-order chi connectivity index (χ1) is 33.0. The summed E-state index contributed by atoms with van der Waals surface area (Å²) >= 11 is 0. The van der Waals surface area contributed by atoms with Crippen LogP contribution < -0.4 is 26.2 Å². The zero-order valence-electron chi connectivity index (χ0n) is 44.8. The fourth-order valence-corrected chi connectivity index (χ4v) is 13.8. The third kappa shape index (κ3) is 7.51. The van der Waals surface area contributed by atoms with Gasteiger partial charge in [-0.05, 0) is 194 Å². The summed E-state index contributed by atoms with van der Waals surface area (Å²) in [6.07, 6.45) is 5.54. The number of nitrogens with zero attached hydrogens (tertiary/aromatic N) is 2. The van der Waals surface area contributed by atoms with E-state index in [0.29, 0.717) is 0 Å². The molecule has 0 spiro atoms. The highest BCUT2D eigenvalue weighted by Crippen LogP contribution is 2.54. The molecule has 0 saturated carbocycles. The summed E-state index contributed by atoms with van der Waals surface area (Å²) in [5, 5.41) is 0. The van der Waals surface area contributed by atoms with Crippen molar-refractivity contribution in [1.29, 1.82) is 0 Å². The van der Waals surface area contributed by atoms with Gasteiger partial charge in [0.25, 0.3) is 6.71 Å². The van der Waals surface area contributed by atoms with Crippen molar-refractivity contribution in [3.05, 3.63) is 195 Å². The van der Waals surface area contributed by atoms with Gasteiger partial charge in [-0.2, -0.15) is 0 Å². The number of fused-ring (bicyclic) bond motifs is 6. The van der Waals surface area contributed by atoms with Crippen LogP contribution in [0, 0.1) is 20.8 Å². The molecule has 70 heavy (non-hydrogen) atoms. The summed E-state index contributed by atoms with van der Waals surface area (Å²) in [6.45, 7) is 33.9. The van der Waals surface area contributed by atoms with Crippen molar-refractivity contribution in [2.24, 2.45) is 0 Å². The molecular weight excluding hydrogens is 844 g/mol. The summed E-state index contributed by atoms with van der Waals surface area (Å²) in [4.78, 5) is 5.41. The topological polar surface area (TPSA) is 6.48 Å². The van der Waals surface area contributed by atoms with Gasteiger partial charge in [-0.3, -0.25) is 0 Å². The van der Waals surface area contributed by atoms with E-state index in [9.17, 15) is 0 Å². The van der Waals surface area contributed by atoms with Crippen molar-refractivity contribution in [3.8, 4) is 0 Å². The highest BCUT2D eigenvalue weighted by Gasteiger charge is 2.49. The lowest BCUT2D eigenvalue weighted by Gasteiger charge is -2.47. The van der Waals surface area contributed by atoms with Crippen LogP contribution in [0.4, 0.5) is 34.1 Å². The van der Waals surface area contributed by atoms with Crippen molar-refractivity contribution in [2.45, 2.75) is 162 Å². The maximum absolute atomic E-state index is 2.73. The van der Waals surface area contributed by atoms with Crippen LogP contribution >= 0.6 is 0 Å². The SMILES string of the molecule is Cc1cc2c3c(c1)N(c1ccc(C(C)(C)C)cc1C)c1cc4c(cc1B3c1ccc(C(CCc3ccccc3)c3ccccc3)cc1N2c1cc2c(cc1C)C(C)(C)CCC2(C)C)C(C)(C)CC4(C)C. The molecule has 0 N–H and O–H groups in total. The first-order valence-electron chi connectivity index (χ1n) is 26.5. The van der Waals surface area contributed by atoms with Crippen molar-refractivity contribution < 1.29 is 0 Å². The van der Waals surface area contributed by atoms with E-state index < -0.39 is 0 Å². The molecule has 7 aromatic rings. The number of aryl methyl sites for hydroxylation is 4. The van der Waals surface area contributed by atoms with E-state index in [-0.39, 0.29) is 39.7 Å². The predicted octanol–water partition coefficient (Wildman–Crippen LogP) is 16.1. The second-order valence-corrected chi connectivity index (χ2v) is 25.7. The van der Waals surface area contributed by atoms with Crippen LogP contribution in [0.2, 0.25) is 0 Å². The van der Waals surface area contributed by atoms with Gasteiger partial charge in [-0.1, -0.05) is 173 Å². The molecule has 2 aliphatic heterocycles. The number of benzene rings is 7. The van der Waals surface area contributed by atoms with E-state index in [2.05, 4.69) is 240 Å². The standard InChI is InChI=1S/C67H75BN2/c1-42-33-60-62-61(34-42)70(57-39-52-50(36-44(57)3)64(7,8)31-32-65(52,9)10)58-37-47(49(46-23-19-16-20-24-46)28-25-45-21-17-15-18-22-45)26-29-54(58)68(62)55-38-51-53(67(13,14)41-66(51,11)12)40-59(55)69(60)56-30-27-48(35-43(56)2)63(4,5)6/h15-24,26-27,29-30,33-40,49H,25,28,31-32,41H2,1-14H3. The molecule has 3 heteroatoms.